The van der Waals surface area contributed by atoms with Crippen LogP contribution in [0.5, 0.6) is 0 Å². The molecule has 0 aliphatic carbocycles. The molecule has 2 aromatic carbocycles. The predicted molar refractivity (Wildman–Crippen MR) is 122 cm³/mol. The average molecular weight is 434 g/mol. The number of amides is 1. The van der Waals surface area contributed by atoms with Gasteiger partial charge in [-0.1, -0.05) is 41.9 Å². The summed E-state index contributed by atoms with van der Waals surface area (Å²) in [6.07, 6.45) is 2.72. The first-order valence-electron chi connectivity index (χ1n) is 10.4. The number of carbonyl (C=O) groups excluding carboxylic acids is 1. The number of piperidine rings is 1. The summed E-state index contributed by atoms with van der Waals surface area (Å²) in [4.78, 5) is 11.9. The number of nitriles is 1. The van der Waals surface area contributed by atoms with Gasteiger partial charge in [0, 0.05) is 24.1 Å². The van der Waals surface area contributed by atoms with Crippen LogP contribution >= 0.6 is 11.6 Å². The summed E-state index contributed by atoms with van der Waals surface area (Å²) < 4.78 is 1.81. The molecule has 6 nitrogen and oxygen atoms in total. The monoisotopic (exact) mass is 433 g/mol. The molecule has 7 heteroatoms. The van der Waals surface area contributed by atoms with Gasteiger partial charge in [0.15, 0.2) is 0 Å². The molecule has 1 aliphatic heterocycles. The fraction of sp³-hybridized carbons (Fsp3) is 0.292. The fourth-order valence-corrected chi connectivity index (χ4v) is 4.13. The molecule has 158 valence electrons. The lowest BCUT2D eigenvalue weighted by atomic mass is 10.0. The molecule has 1 aromatic heterocycles. The van der Waals surface area contributed by atoms with E-state index in [9.17, 15) is 10.1 Å². The molecule has 4 rings (SSSR count). The van der Waals surface area contributed by atoms with Crippen molar-refractivity contribution in [1.82, 2.24) is 15.1 Å². The number of benzene rings is 2. The van der Waals surface area contributed by atoms with E-state index in [1.54, 1.807) is 0 Å². The zero-order valence-electron chi connectivity index (χ0n) is 17.4. The minimum atomic E-state index is -0.218. The maximum atomic E-state index is 11.9. The van der Waals surface area contributed by atoms with E-state index in [1.807, 2.05) is 41.1 Å². The molecule has 0 saturated carbocycles. The summed E-state index contributed by atoms with van der Waals surface area (Å²) in [6.45, 7) is 3.18. The van der Waals surface area contributed by atoms with Gasteiger partial charge in [-0.2, -0.15) is 10.4 Å². The lowest BCUT2D eigenvalue weighted by Gasteiger charge is -2.24. The van der Waals surface area contributed by atoms with Crippen molar-refractivity contribution in [3.8, 4) is 17.3 Å². The molecule has 31 heavy (non-hydrogen) atoms. The lowest BCUT2D eigenvalue weighted by molar-refractivity contribution is -0.114. The number of carbonyl (C=O) groups is 1. The van der Waals surface area contributed by atoms with E-state index >= 15 is 0 Å². The molecule has 0 radical (unpaired) electrons. The number of nitrogens with one attached hydrogen (secondary N) is 2. The molecule has 2 N–H and O–H groups in total. The second-order valence-corrected chi connectivity index (χ2v) is 8.25. The fourth-order valence-electron chi connectivity index (χ4n) is 4.00. The first-order valence-corrected chi connectivity index (χ1v) is 10.8. The van der Waals surface area contributed by atoms with Gasteiger partial charge < -0.3 is 10.6 Å². The number of hydrogen-bond donors (Lipinski definition) is 2. The van der Waals surface area contributed by atoms with Crippen LogP contribution in [0, 0.1) is 11.3 Å². The Morgan fingerprint density at radius 2 is 2.10 bits per heavy atom. The predicted octanol–water partition coefficient (Wildman–Crippen LogP) is 4.55. The lowest BCUT2D eigenvalue weighted by Crippen LogP contribution is -2.33. The van der Waals surface area contributed by atoms with Crippen LogP contribution < -0.4 is 10.6 Å². The zero-order valence-corrected chi connectivity index (χ0v) is 18.1. The number of nitrogens with zero attached hydrogens (tertiary/aromatic N) is 3. The Morgan fingerprint density at radius 3 is 2.77 bits per heavy atom. The number of anilines is 1. The number of rotatable bonds is 5. The number of aromatic nitrogens is 2. The minimum absolute atomic E-state index is 0.0914. The molecule has 1 amide bonds. The standard InChI is InChI=1S/C24H24ClN5O/c1-16(31)28-24-22(14-26)23(29-30(24)21-6-3-11-27-15-21)19-5-2-4-18(13-19)12-17-7-9-20(25)10-8-17/h2,4-5,7-10,13,21,27H,3,6,11-12,15H2,1H3,(H,28,31). The Bertz CT molecular complexity index is 1120. The molecular weight excluding hydrogens is 410 g/mol. The van der Waals surface area contributed by atoms with Crippen molar-refractivity contribution in [3.05, 3.63) is 70.2 Å². The van der Waals surface area contributed by atoms with Crippen molar-refractivity contribution in [2.24, 2.45) is 0 Å². The first kappa shape index (κ1) is 21.1. The third-order valence-electron chi connectivity index (χ3n) is 5.46. The second kappa shape index (κ2) is 9.34. The molecule has 1 fully saturated rings. The van der Waals surface area contributed by atoms with Crippen LogP contribution in [0.3, 0.4) is 0 Å². The summed E-state index contributed by atoms with van der Waals surface area (Å²) in [6, 6.07) is 18.2. The molecular formula is C24H24ClN5O. The smallest absolute Gasteiger partial charge is 0.222 e. The van der Waals surface area contributed by atoms with Gasteiger partial charge in [0.1, 0.15) is 23.1 Å². The molecule has 1 aliphatic rings. The van der Waals surface area contributed by atoms with Gasteiger partial charge in [0.25, 0.3) is 0 Å². The topological polar surface area (TPSA) is 82.7 Å². The molecule has 3 aromatic rings. The van der Waals surface area contributed by atoms with Gasteiger partial charge in [-0.05, 0) is 55.1 Å². The van der Waals surface area contributed by atoms with Gasteiger partial charge >= 0.3 is 0 Å². The molecule has 2 heterocycles. The summed E-state index contributed by atoms with van der Waals surface area (Å²) in [5, 5.41) is 21.7. The highest BCUT2D eigenvalue weighted by Gasteiger charge is 2.26. The van der Waals surface area contributed by atoms with Crippen molar-refractivity contribution in [2.75, 3.05) is 18.4 Å². The average Bonchev–Trinajstić information content (AvgIpc) is 3.14. The highest BCUT2D eigenvalue weighted by Crippen LogP contribution is 2.33. The van der Waals surface area contributed by atoms with E-state index < -0.39 is 0 Å². The van der Waals surface area contributed by atoms with Crippen LogP contribution in [0.1, 0.15) is 42.5 Å². The van der Waals surface area contributed by atoms with Crippen LogP contribution in [-0.4, -0.2) is 28.8 Å². The summed E-state index contributed by atoms with van der Waals surface area (Å²) in [7, 11) is 0. The summed E-state index contributed by atoms with van der Waals surface area (Å²) >= 11 is 5.99. The Morgan fingerprint density at radius 1 is 1.29 bits per heavy atom. The molecule has 1 saturated heterocycles. The van der Waals surface area contributed by atoms with Crippen molar-refractivity contribution in [2.45, 2.75) is 32.2 Å². The zero-order chi connectivity index (χ0) is 21.8. The van der Waals surface area contributed by atoms with Gasteiger partial charge in [-0.3, -0.25) is 4.79 Å². The van der Waals surface area contributed by atoms with Crippen molar-refractivity contribution >= 4 is 23.3 Å². The van der Waals surface area contributed by atoms with E-state index in [0.29, 0.717) is 22.1 Å². The van der Waals surface area contributed by atoms with E-state index in [1.165, 1.54) is 6.92 Å². The quantitative estimate of drug-likeness (QED) is 0.618. The number of halogens is 1. The number of hydrogen-bond acceptors (Lipinski definition) is 4. The van der Waals surface area contributed by atoms with Gasteiger partial charge in [0.2, 0.25) is 5.91 Å². The Labute approximate surface area is 186 Å². The molecule has 1 atom stereocenters. The minimum Gasteiger partial charge on any atom is -0.315 e. The Kier molecular flexibility index (Phi) is 6.36. The molecule has 0 bridgehead atoms. The first-order chi connectivity index (χ1) is 15.0. The van der Waals surface area contributed by atoms with E-state index in [-0.39, 0.29) is 11.9 Å². The van der Waals surface area contributed by atoms with Gasteiger partial charge in [-0.25, -0.2) is 4.68 Å². The molecule has 1 unspecified atom stereocenters. The maximum Gasteiger partial charge on any atom is 0.222 e. The van der Waals surface area contributed by atoms with Crippen LogP contribution in [0.15, 0.2) is 48.5 Å². The third kappa shape index (κ3) is 4.79. The Hall–Kier alpha value is -3.14. The summed E-state index contributed by atoms with van der Waals surface area (Å²) in [5.74, 6) is 0.256. The third-order valence-corrected chi connectivity index (χ3v) is 5.71. The van der Waals surface area contributed by atoms with E-state index in [2.05, 4.69) is 28.8 Å². The Balaban J connectivity index is 1.73. The second-order valence-electron chi connectivity index (χ2n) is 7.81. The van der Waals surface area contributed by atoms with Crippen LogP contribution in [0.25, 0.3) is 11.3 Å². The van der Waals surface area contributed by atoms with E-state index in [4.69, 9.17) is 16.7 Å². The van der Waals surface area contributed by atoms with Crippen molar-refractivity contribution < 1.29 is 4.79 Å². The van der Waals surface area contributed by atoms with Crippen LogP contribution in [-0.2, 0) is 11.2 Å². The van der Waals surface area contributed by atoms with E-state index in [0.717, 1.165) is 49.0 Å². The highest BCUT2D eigenvalue weighted by molar-refractivity contribution is 6.30. The van der Waals surface area contributed by atoms with Gasteiger partial charge in [-0.15, -0.1) is 0 Å². The highest BCUT2D eigenvalue weighted by atomic mass is 35.5. The SMILES string of the molecule is CC(=O)Nc1c(C#N)c(-c2cccc(Cc3ccc(Cl)cc3)c2)nn1C1CCCNC1. The van der Waals surface area contributed by atoms with Gasteiger partial charge in [0.05, 0.1) is 6.04 Å². The summed E-state index contributed by atoms with van der Waals surface area (Å²) in [5.41, 5.74) is 4.11. The van der Waals surface area contributed by atoms with Crippen LogP contribution in [0.4, 0.5) is 5.82 Å². The maximum absolute atomic E-state index is 11.9. The van der Waals surface area contributed by atoms with Crippen molar-refractivity contribution in [1.29, 1.82) is 5.26 Å². The van der Waals surface area contributed by atoms with Crippen LogP contribution in [0.2, 0.25) is 5.02 Å². The largest absolute Gasteiger partial charge is 0.315 e. The normalized spacial score (nSPS) is 16.0. The van der Waals surface area contributed by atoms with Crippen molar-refractivity contribution in [3.63, 3.8) is 0 Å². The molecule has 0 spiro atoms.